The lowest BCUT2D eigenvalue weighted by atomic mass is 9.75. The van der Waals surface area contributed by atoms with Crippen molar-refractivity contribution in [3.8, 4) is 0 Å². The smallest absolute Gasteiger partial charge is 0.229 e. The molecule has 0 aromatic heterocycles. The Balaban J connectivity index is 1.65. The van der Waals surface area contributed by atoms with Gasteiger partial charge in [-0.2, -0.15) is 0 Å². The first-order chi connectivity index (χ1) is 12.1. The molecule has 2 aromatic rings. The predicted molar refractivity (Wildman–Crippen MR) is 99.6 cm³/mol. The number of rotatable bonds is 7. The summed E-state index contributed by atoms with van der Waals surface area (Å²) in [6.07, 6.45) is 1.28. The van der Waals surface area contributed by atoms with Gasteiger partial charge in [-0.05, 0) is 36.1 Å². The highest BCUT2D eigenvalue weighted by molar-refractivity contribution is 6.30. The molecule has 2 aromatic carbocycles. The quantitative estimate of drug-likeness (QED) is 0.711. The maximum absolute atomic E-state index is 12.9. The summed E-state index contributed by atoms with van der Waals surface area (Å²) in [5, 5.41) is 16.6. The van der Waals surface area contributed by atoms with E-state index < -0.39 is 5.41 Å². The van der Waals surface area contributed by atoms with Crippen LogP contribution in [-0.2, 0) is 17.6 Å². The van der Waals surface area contributed by atoms with Gasteiger partial charge in [-0.1, -0.05) is 54.1 Å². The van der Waals surface area contributed by atoms with Gasteiger partial charge in [0, 0.05) is 18.1 Å². The lowest BCUT2D eigenvalue weighted by Crippen LogP contribution is -2.64. The number of amides is 1. The fourth-order valence-electron chi connectivity index (χ4n) is 3.18. The molecule has 25 heavy (non-hydrogen) atoms. The number of nitrogens with one attached hydrogen (secondary N) is 2. The second kappa shape index (κ2) is 8.00. The van der Waals surface area contributed by atoms with E-state index in [1.165, 1.54) is 0 Å². The summed E-state index contributed by atoms with van der Waals surface area (Å²) in [6.45, 7) is 1.21. The van der Waals surface area contributed by atoms with Crippen LogP contribution in [0.15, 0.2) is 54.6 Å². The molecule has 5 heteroatoms. The maximum atomic E-state index is 12.9. The molecule has 0 bridgehead atoms. The Kier molecular flexibility index (Phi) is 5.74. The minimum absolute atomic E-state index is 0.00354. The summed E-state index contributed by atoms with van der Waals surface area (Å²) in [5.41, 5.74) is 1.72. The van der Waals surface area contributed by atoms with Crippen molar-refractivity contribution in [2.75, 3.05) is 19.7 Å². The molecule has 0 radical (unpaired) electrons. The second-order valence-corrected chi connectivity index (χ2v) is 7.17. The largest absolute Gasteiger partial charge is 0.394 e. The van der Waals surface area contributed by atoms with Gasteiger partial charge >= 0.3 is 0 Å². The molecule has 3 N–H and O–H groups in total. The molecule has 1 saturated heterocycles. The van der Waals surface area contributed by atoms with Crippen LogP contribution in [0, 0.1) is 5.41 Å². The second-order valence-electron chi connectivity index (χ2n) is 6.73. The van der Waals surface area contributed by atoms with Crippen molar-refractivity contribution in [1.82, 2.24) is 10.6 Å². The highest BCUT2D eigenvalue weighted by Gasteiger charge is 2.44. The van der Waals surface area contributed by atoms with Crippen LogP contribution in [-0.4, -0.2) is 36.8 Å². The summed E-state index contributed by atoms with van der Waals surface area (Å²) >= 11 is 5.94. The number of carbonyl (C=O) groups excluding carboxylic acids is 1. The minimum atomic E-state index is -0.460. The summed E-state index contributed by atoms with van der Waals surface area (Å²) in [4.78, 5) is 12.9. The Labute approximate surface area is 153 Å². The molecule has 4 nitrogen and oxygen atoms in total. The molecule has 0 spiro atoms. The molecule has 1 aliphatic heterocycles. The van der Waals surface area contributed by atoms with Gasteiger partial charge in [-0.3, -0.25) is 4.79 Å². The van der Waals surface area contributed by atoms with Gasteiger partial charge in [0.05, 0.1) is 18.1 Å². The van der Waals surface area contributed by atoms with Crippen LogP contribution in [0.2, 0.25) is 5.02 Å². The predicted octanol–water partition coefficient (Wildman–Crippen LogP) is 2.19. The van der Waals surface area contributed by atoms with E-state index in [0.29, 0.717) is 31.0 Å². The zero-order chi connectivity index (χ0) is 17.7. The van der Waals surface area contributed by atoms with Crippen LogP contribution in [0.5, 0.6) is 0 Å². The first-order valence-corrected chi connectivity index (χ1v) is 8.90. The Bertz CT molecular complexity index is 699. The van der Waals surface area contributed by atoms with Crippen molar-refractivity contribution in [3.63, 3.8) is 0 Å². The van der Waals surface area contributed by atoms with Crippen molar-refractivity contribution < 1.29 is 9.90 Å². The van der Waals surface area contributed by atoms with Crippen molar-refractivity contribution in [1.29, 1.82) is 0 Å². The number of aliphatic hydroxyl groups is 1. The topological polar surface area (TPSA) is 61.4 Å². The van der Waals surface area contributed by atoms with E-state index in [4.69, 9.17) is 11.6 Å². The monoisotopic (exact) mass is 358 g/mol. The summed E-state index contributed by atoms with van der Waals surface area (Å²) in [6, 6.07) is 17.2. The van der Waals surface area contributed by atoms with Gasteiger partial charge in [0.1, 0.15) is 0 Å². The first kappa shape index (κ1) is 17.9. The van der Waals surface area contributed by atoms with E-state index in [1.54, 1.807) is 0 Å². The molecule has 0 saturated carbocycles. The van der Waals surface area contributed by atoms with Gasteiger partial charge in [-0.15, -0.1) is 0 Å². The molecule has 3 rings (SSSR count). The van der Waals surface area contributed by atoms with Crippen molar-refractivity contribution >= 4 is 17.5 Å². The van der Waals surface area contributed by atoms with E-state index in [1.807, 2.05) is 54.6 Å². The molecule has 1 amide bonds. The van der Waals surface area contributed by atoms with Crippen LogP contribution in [0.3, 0.4) is 0 Å². The number of hydrogen-bond acceptors (Lipinski definition) is 3. The van der Waals surface area contributed by atoms with Crippen molar-refractivity contribution in [2.45, 2.75) is 18.9 Å². The molecule has 0 unspecified atom stereocenters. The van der Waals surface area contributed by atoms with Crippen molar-refractivity contribution in [2.24, 2.45) is 5.41 Å². The Morgan fingerprint density at radius 1 is 1.12 bits per heavy atom. The summed E-state index contributed by atoms with van der Waals surface area (Å²) in [7, 11) is 0. The number of hydrogen-bond donors (Lipinski definition) is 3. The van der Waals surface area contributed by atoms with Gasteiger partial charge in [0.15, 0.2) is 0 Å². The molecular weight excluding hydrogens is 336 g/mol. The number of aliphatic hydroxyl groups excluding tert-OH is 1. The van der Waals surface area contributed by atoms with E-state index in [0.717, 1.165) is 11.1 Å². The van der Waals surface area contributed by atoms with E-state index >= 15 is 0 Å². The van der Waals surface area contributed by atoms with Crippen LogP contribution >= 0.6 is 11.6 Å². The van der Waals surface area contributed by atoms with Crippen LogP contribution < -0.4 is 10.6 Å². The average Bonchev–Trinajstić information content (AvgIpc) is 2.60. The molecular formula is C20H23ClN2O2. The fourth-order valence-corrected chi connectivity index (χ4v) is 3.31. The molecule has 1 aliphatic rings. The standard InChI is InChI=1S/C20H23ClN2O2/c21-17-8-6-16(7-9-17)11-20(13-22-14-20)19(25)23-18(12-24)10-15-4-2-1-3-5-15/h1-9,18,22,24H,10-14H2,(H,23,25)/t18-/m0/s1. The van der Waals surface area contributed by atoms with Gasteiger partial charge < -0.3 is 15.7 Å². The van der Waals surface area contributed by atoms with E-state index in [-0.39, 0.29) is 18.6 Å². The van der Waals surface area contributed by atoms with E-state index in [2.05, 4.69) is 10.6 Å². The zero-order valence-corrected chi connectivity index (χ0v) is 14.8. The van der Waals surface area contributed by atoms with Gasteiger partial charge in [0.2, 0.25) is 5.91 Å². The van der Waals surface area contributed by atoms with Crippen LogP contribution in [0.4, 0.5) is 0 Å². The Morgan fingerprint density at radius 2 is 1.80 bits per heavy atom. The average molecular weight is 359 g/mol. The Hall–Kier alpha value is -1.88. The third kappa shape index (κ3) is 4.40. The third-order valence-electron chi connectivity index (χ3n) is 4.74. The first-order valence-electron chi connectivity index (χ1n) is 8.52. The minimum Gasteiger partial charge on any atom is -0.394 e. The highest BCUT2D eigenvalue weighted by Crippen LogP contribution is 2.29. The van der Waals surface area contributed by atoms with Gasteiger partial charge in [-0.25, -0.2) is 0 Å². The maximum Gasteiger partial charge on any atom is 0.229 e. The molecule has 132 valence electrons. The molecule has 0 aliphatic carbocycles. The molecule has 1 atom stereocenters. The Morgan fingerprint density at radius 3 is 2.36 bits per heavy atom. The summed E-state index contributed by atoms with van der Waals surface area (Å²) in [5.74, 6) is -0.00354. The molecule has 1 heterocycles. The zero-order valence-electron chi connectivity index (χ0n) is 14.0. The van der Waals surface area contributed by atoms with E-state index in [9.17, 15) is 9.90 Å². The SMILES string of the molecule is O=C(N[C@H](CO)Cc1ccccc1)C1(Cc2ccc(Cl)cc2)CNC1. The number of carbonyl (C=O) groups is 1. The lowest BCUT2D eigenvalue weighted by molar-refractivity contribution is -0.135. The number of benzene rings is 2. The number of halogens is 1. The fraction of sp³-hybridized carbons (Fsp3) is 0.350. The van der Waals surface area contributed by atoms with Crippen molar-refractivity contribution in [3.05, 3.63) is 70.7 Å². The van der Waals surface area contributed by atoms with Gasteiger partial charge in [0.25, 0.3) is 0 Å². The molecule has 1 fully saturated rings. The third-order valence-corrected chi connectivity index (χ3v) is 5.00. The van der Waals surface area contributed by atoms with Crippen LogP contribution in [0.25, 0.3) is 0 Å². The van der Waals surface area contributed by atoms with Crippen LogP contribution in [0.1, 0.15) is 11.1 Å². The highest BCUT2D eigenvalue weighted by atomic mass is 35.5. The lowest BCUT2D eigenvalue weighted by Gasteiger charge is -2.42. The summed E-state index contributed by atoms with van der Waals surface area (Å²) < 4.78 is 0. The normalized spacial score (nSPS) is 16.7.